The minimum atomic E-state index is 0.536. The number of hydrogen-bond donors (Lipinski definition) is 0. The van der Waals surface area contributed by atoms with Crippen LogP contribution < -0.4 is 0 Å². The third-order valence-electron chi connectivity index (χ3n) is 7.59. The van der Waals surface area contributed by atoms with Crippen molar-refractivity contribution in [2.24, 2.45) is 11.8 Å². The molecule has 2 aliphatic carbocycles. The highest BCUT2D eigenvalue weighted by atomic mass is 14.4. The van der Waals surface area contributed by atoms with Crippen LogP contribution in [0.15, 0.2) is 121 Å². The molecule has 0 radical (unpaired) electrons. The molecule has 0 heteroatoms. The Labute approximate surface area is 203 Å². The number of hydrogen-bond acceptors (Lipinski definition) is 0. The van der Waals surface area contributed by atoms with Crippen LogP contribution in [-0.2, 0) is 0 Å². The quantitative estimate of drug-likeness (QED) is 0.298. The maximum atomic E-state index is 2.32. The van der Waals surface area contributed by atoms with Gasteiger partial charge in [0.2, 0.25) is 0 Å². The van der Waals surface area contributed by atoms with Crippen LogP contribution in [-0.4, -0.2) is 0 Å². The van der Waals surface area contributed by atoms with Gasteiger partial charge in [-0.05, 0) is 69.2 Å². The second kappa shape index (κ2) is 9.31. The van der Waals surface area contributed by atoms with E-state index >= 15 is 0 Å². The van der Waals surface area contributed by atoms with E-state index in [4.69, 9.17) is 0 Å². The van der Waals surface area contributed by atoms with E-state index < -0.39 is 0 Å². The van der Waals surface area contributed by atoms with Gasteiger partial charge >= 0.3 is 0 Å². The third kappa shape index (κ3) is 3.74. The third-order valence-corrected chi connectivity index (χ3v) is 7.59. The molecule has 0 bridgehead atoms. The van der Waals surface area contributed by atoms with Crippen LogP contribution in [0.1, 0.15) is 47.9 Å². The Balaban J connectivity index is 1.76. The highest BCUT2D eigenvalue weighted by Crippen LogP contribution is 2.57. The molecule has 0 aliphatic heterocycles. The average Bonchev–Trinajstić information content (AvgIpc) is 2.93. The van der Waals surface area contributed by atoms with Gasteiger partial charge in [0.25, 0.3) is 0 Å². The summed E-state index contributed by atoms with van der Waals surface area (Å²) < 4.78 is 0. The van der Waals surface area contributed by atoms with Gasteiger partial charge in [0.1, 0.15) is 0 Å². The molecule has 2 atom stereocenters. The van der Waals surface area contributed by atoms with Crippen LogP contribution in [0, 0.1) is 11.8 Å². The Kier molecular flexibility index (Phi) is 5.73. The van der Waals surface area contributed by atoms with E-state index in [0.717, 1.165) is 0 Å². The van der Waals surface area contributed by atoms with Gasteiger partial charge < -0.3 is 0 Å². The van der Waals surface area contributed by atoms with Crippen molar-refractivity contribution in [1.29, 1.82) is 0 Å². The van der Waals surface area contributed by atoms with E-state index in [2.05, 4.69) is 121 Å². The lowest BCUT2D eigenvalue weighted by Gasteiger charge is -2.42. The van der Waals surface area contributed by atoms with Crippen molar-refractivity contribution in [3.8, 4) is 0 Å². The molecule has 0 spiro atoms. The molecular formula is C34H30. The molecule has 4 aromatic rings. The van der Waals surface area contributed by atoms with Gasteiger partial charge in [0, 0.05) is 0 Å². The van der Waals surface area contributed by atoms with Crippen molar-refractivity contribution >= 4 is 22.3 Å². The van der Waals surface area contributed by atoms with E-state index in [1.807, 2.05) is 0 Å². The maximum Gasteiger partial charge on any atom is -0.00612 e. The van der Waals surface area contributed by atoms with Crippen molar-refractivity contribution < 1.29 is 0 Å². The SMILES string of the molecule is c1ccc(C2=C(c3ccccc3)[C@H]3CCCC[C@H]3C(c3ccccc3)=C2c2ccccc2)cc1. The van der Waals surface area contributed by atoms with E-state index in [1.54, 1.807) is 0 Å². The van der Waals surface area contributed by atoms with Crippen molar-refractivity contribution in [2.45, 2.75) is 25.7 Å². The summed E-state index contributed by atoms with van der Waals surface area (Å²) in [5.74, 6) is 1.07. The van der Waals surface area contributed by atoms with Gasteiger partial charge in [-0.3, -0.25) is 0 Å². The van der Waals surface area contributed by atoms with Gasteiger partial charge in [0.05, 0.1) is 0 Å². The first-order chi connectivity index (χ1) is 16.9. The number of rotatable bonds is 4. The first-order valence-corrected chi connectivity index (χ1v) is 12.6. The maximum absolute atomic E-state index is 2.32. The summed E-state index contributed by atoms with van der Waals surface area (Å²) in [6.45, 7) is 0. The summed E-state index contributed by atoms with van der Waals surface area (Å²) >= 11 is 0. The van der Waals surface area contributed by atoms with Crippen molar-refractivity contribution in [3.05, 3.63) is 144 Å². The van der Waals surface area contributed by atoms with Gasteiger partial charge in [-0.25, -0.2) is 0 Å². The lowest BCUT2D eigenvalue weighted by Crippen LogP contribution is -2.27. The van der Waals surface area contributed by atoms with Gasteiger partial charge in [-0.1, -0.05) is 134 Å². The Morgan fingerprint density at radius 1 is 0.353 bits per heavy atom. The highest BCUT2D eigenvalue weighted by Gasteiger charge is 2.40. The first-order valence-electron chi connectivity index (χ1n) is 12.6. The van der Waals surface area contributed by atoms with Crippen LogP contribution in [0.25, 0.3) is 22.3 Å². The summed E-state index contributed by atoms with van der Waals surface area (Å²) in [4.78, 5) is 0. The monoisotopic (exact) mass is 438 g/mol. The molecule has 1 fully saturated rings. The molecule has 0 aromatic heterocycles. The van der Waals surface area contributed by atoms with Crippen LogP contribution in [0.3, 0.4) is 0 Å². The van der Waals surface area contributed by atoms with Gasteiger partial charge in [-0.15, -0.1) is 0 Å². The Morgan fingerprint density at radius 2 is 0.647 bits per heavy atom. The normalized spacial score (nSPS) is 20.2. The Hall–Kier alpha value is -3.64. The van der Waals surface area contributed by atoms with E-state index in [-0.39, 0.29) is 0 Å². The van der Waals surface area contributed by atoms with E-state index in [1.165, 1.54) is 70.2 Å². The summed E-state index contributed by atoms with van der Waals surface area (Å²) in [6.07, 6.45) is 5.12. The second-order valence-electron chi connectivity index (χ2n) is 9.54. The lowest BCUT2D eigenvalue weighted by molar-refractivity contribution is 0.356. The molecule has 0 N–H and O–H groups in total. The molecule has 0 nitrogen and oxygen atoms in total. The Morgan fingerprint density at radius 3 is 0.971 bits per heavy atom. The fraction of sp³-hybridized carbons (Fsp3) is 0.176. The molecule has 2 aliphatic rings. The molecule has 166 valence electrons. The minimum absolute atomic E-state index is 0.536. The molecule has 0 saturated heterocycles. The van der Waals surface area contributed by atoms with Gasteiger partial charge in [-0.2, -0.15) is 0 Å². The number of allylic oxidation sites excluding steroid dienone is 4. The largest absolute Gasteiger partial charge is 0.0622 e. The van der Waals surface area contributed by atoms with Gasteiger partial charge in [0.15, 0.2) is 0 Å². The summed E-state index contributed by atoms with van der Waals surface area (Å²) in [6, 6.07) is 44.5. The summed E-state index contributed by atoms with van der Waals surface area (Å²) in [5.41, 5.74) is 11.3. The zero-order chi connectivity index (χ0) is 22.7. The molecule has 6 rings (SSSR count). The van der Waals surface area contributed by atoms with Crippen LogP contribution in [0.4, 0.5) is 0 Å². The summed E-state index contributed by atoms with van der Waals surface area (Å²) in [5, 5.41) is 0. The zero-order valence-electron chi connectivity index (χ0n) is 19.5. The van der Waals surface area contributed by atoms with Crippen molar-refractivity contribution in [2.75, 3.05) is 0 Å². The zero-order valence-corrected chi connectivity index (χ0v) is 19.5. The average molecular weight is 439 g/mol. The van der Waals surface area contributed by atoms with Crippen LogP contribution in [0.5, 0.6) is 0 Å². The van der Waals surface area contributed by atoms with Crippen LogP contribution >= 0.6 is 0 Å². The number of benzene rings is 4. The smallest absolute Gasteiger partial charge is 0.00612 e. The molecule has 0 amide bonds. The molecule has 0 heterocycles. The first kappa shape index (κ1) is 20.9. The lowest BCUT2D eigenvalue weighted by atomic mass is 9.61. The summed E-state index contributed by atoms with van der Waals surface area (Å²) in [7, 11) is 0. The van der Waals surface area contributed by atoms with E-state index in [9.17, 15) is 0 Å². The predicted molar refractivity (Wildman–Crippen MR) is 145 cm³/mol. The predicted octanol–water partition coefficient (Wildman–Crippen LogP) is 9.03. The Bertz CT molecular complexity index is 1210. The molecular weight excluding hydrogens is 408 g/mol. The number of fused-ring (bicyclic) bond motifs is 1. The highest BCUT2D eigenvalue weighted by molar-refractivity contribution is 6.24. The van der Waals surface area contributed by atoms with Crippen molar-refractivity contribution in [3.63, 3.8) is 0 Å². The fourth-order valence-corrected chi connectivity index (χ4v) is 6.22. The standard InChI is InChI=1S/C34H30/c1-5-15-25(16-6-1)31-29-23-13-14-24-30(29)32(26-17-7-2-8-18-26)34(28-21-11-4-12-22-28)33(31)27-19-9-3-10-20-27/h1-12,15-22,29-30H,13-14,23-24H2/t29-,30+. The van der Waals surface area contributed by atoms with E-state index in [0.29, 0.717) is 11.8 Å². The minimum Gasteiger partial charge on any atom is -0.0622 e. The van der Waals surface area contributed by atoms with Crippen molar-refractivity contribution in [1.82, 2.24) is 0 Å². The fourth-order valence-electron chi connectivity index (χ4n) is 6.22. The molecule has 4 aromatic carbocycles. The molecule has 34 heavy (non-hydrogen) atoms. The topological polar surface area (TPSA) is 0 Å². The molecule has 0 unspecified atom stereocenters. The second-order valence-corrected chi connectivity index (χ2v) is 9.54. The molecule has 1 saturated carbocycles. The van der Waals surface area contributed by atoms with Crippen LogP contribution in [0.2, 0.25) is 0 Å².